The Kier molecular flexibility index (Phi) is 6.28. The number of aryl methyl sites for hydroxylation is 1. The molecule has 0 radical (unpaired) electrons. The minimum atomic E-state index is -0.572. The van der Waals surface area contributed by atoms with E-state index in [4.69, 9.17) is 11.6 Å². The van der Waals surface area contributed by atoms with Crippen molar-refractivity contribution in [2.24, 2.45) is 0 Å². The molecular formula is C24H24ClN3O4. The Labute approximate surface area is 191 Å². The summed E-state index contributed by atoms with van der Waals surface area (Å²) in [6.45, 7) is 2.41. The van der Waals surface area contributed by atoms with Crippen molar-refractivity contribution in [1.29, 1.82) is 0 Å². The van der Waals surface area contributed by atoms with Crippen LogP contribution in [-0.4, -0.2) is 34.4 Å². The molecule has 1 fully saturated rings. The summed E-state index contributed by atoms with van der Waals surface area (Å²) in [5.41, 5.74) is 3.66. The van der Waals surface area contributed by atoms with Gasteiger partial charge in [0.2, 0.25) is 0 Å². The van der Waals surface area contributed by atoms with E-state index in [1.807, 2.05) is 19.1 Å². The Morgan fingerprint density at radius 3 is 2.78 bits per heavy atom. The van der Waals surface area contributed by atoms with E-state index in [2.05, 4.69) is 10.6 Å². The van der Waals surface area contributed by atoms with Crippen LogP contribution in [0.5, 0.6) is 0 Å². The minimum absolute atomic E-state index is 0.0626. The van der Waals surface area contributed by atoms with Crippen LogP contribution in [0, 0.1) is 6.92 Å². The second-order valence-electron chi connectivity index (χ2n) is 8.24. The fourth-order valence-electron chi connectivity index (χ4n) is 4.24. The number of hydrogen-bond acceptors (Lipinski definition) is 4. The van der Waals surface area contributed by atoms with Gasteiger partial charge in [-0.1, -0.05) is 29.8 Å². The molecule has 1 aliphatic carbocycles. The summed E-state index contributed by atoms with van der Waals surface area (Å²) < 4.78 is 0. The molecule has 2 aromatic rings. The van der Waals surface area contributed by atoms with Gasteiger partial charge in [-0.05, 0) is 54.7 Å². The average Bonchev–Trinajstić information content (AvgIpc) is 2.99. The molecule has 1 heterocycles. The van der Waals surface area contributed by atoms with Gasteiger partial charge in [0.25, 0.3) is 5.91 Å². The maximum absolute atomic E-state index is 13.0. The fourth-order valence-corrected chi connectivity index (χ4v) is 4.42. The van der Waals surface area contributed by atoms with Crippen molar-refractivity contribution in [2.75, 3.05) is 5.32 Å². The Morgan fingerprint density at radius 2 is 2.00 bits per heavy atom. The number of fused-ring (bicyclic) bond motifs is 1. The van der Waals surface area contributed by atoms with E-state index in [1.54, 1.807) is 29.2 Å². The van der Waals surface area contributed by atoms with Crippen LogP contribution in [0.1, 0.15) is 52.7 Å². The van der Waals surface area contributed by atoms with Crippen LogP contribution in [-0.2, 0) is 22.7 Å². The van der Waals surface area contributed by atoms with Gasteiger partial charge >= 0.3 is 6.03 Å². The highest BCUT2D eigenvalue weighted by Gasteiger charge is 2.38. The smallest absolute Gasteiger partial charge is 0.319 e. The molecule has 0 bridgehead atoms. The summed E-state index contributed by atoms with van der Waals surface area (Å²) in [7, 11) is 0. The summed E-state index contributed by atoms with van der Waals surface area (Å²) in [5.74, 6) is -0.454. The van der Waals surface area contributed by atoms with Crippen molar-refractivity contribution in [2.45, 2.75) is 51.7 Å². The summed E-state index contributed by atoms with van der Waals surface area (Å²) in [5, 5.41) is 6.12. The lowest BCUT2D eigenvalue weighted by Crippen LogP contribution is -2.41. The quantitative estimate of drug-likeness (QED) is 0.540. The lowest BCUT2D eigenvalue weighted by atomic mass is 10.0. The van der Waals surface area contributed by atoms with E-state index in [0.717, 1.165) is 16.7 Å². The lowest BCUT2D eigenvalue weighted by molar-refractivity contribution is -0.128. The Bertz CT molecular complexity index is 1110. The van der Waals surface area contributed by atoms with Crippen LogP contribution in [0.2, 0.25) is 5.02 Å². The second kappa shape index (κ2) is 9.12. The van der Waals surface area contributed by atoms with Crippen LogP contribution in [0.3, 0.4) is 0 Å². The van der Waals surface area contributed by atoms with Crippen LogP contribution < -0.4 is 10.6 Å². The van der Waals surface area contributed by atoms with E-state index in [1.165, 1.54) is 0 Å². The van der Waals surface area contributed by atoms with Gasteiger partial charge < -0.3 is 15.5 Å². The number of halogens is 1. The average molecular weight is 454 g/mol. The number of anilines is 1. The van der Waals surface area contributed by atoms with Crippen molar-refractivity contribution < 1.29 is 19.2 Å². The molecule has 0 aromatic heterocycles. The molecule has 4 rings (SSSR count). The first-order chi connectivity index (χ1) is 15.3. The standard InChI is InChI=1S/C24H24ClN3O4/c1-14-8-9-16(10-20(14)25)27-24(32)26-12-15-4-2-6-18-19(15)13-28(23(18)31)21-7-3-5-17(29)11-22(21)30/h2,4,6,8-10,21H,3,5,7,11-13H2,1H3,(H2,26,27,32). The van der Waals surface area contributed by atoms with Gasteiger partial charge in [0, 0.05) is 35.8 Å². The van der Waals surface area contributed by atoms with Crippen molar-refractivity contribution in [3.63, 3.8) is 0 Å². The zero-order valence-corrected chi connectivity index (χ0v) is 18.5. The van der Waals surface area contributed by atoms with Crippen LogP contribution in [0.4, 0.5) is 10.5 Å². The van der Waals surface area contributed by atoms with Crippen LogP contribution in [0.25, 0.3) is 0 Å². The van der Waals surface area contributed by atoms with Crippen LogP contribution in [0.15, 0.2) is 36.4 Å². The number of amides is 3. The van der Waals surface area contributed by atoms with Gasteiger partial charge in [0.05, 0.1) is 12.5 Å². The highest BCUT2D eigenvalue weighted by atomic mass is 35.5. The molecule has 0 saturated heterocycles. The Morgan fingerprint density at radius 1 is 1.19 bits per heavy atom. The number of carbonyl (C=O) groups excluding carboxylic acids is 4. The van der Waals surface area contributed by atoms with Gasteiger partial charge in [-0.25, -0.2) is 4.79 Å². The highest BCUT2D eigenvalue weighted by molar-refractivity contribution is 6.31. The topological polar surface area (TPSA) is 95.6 Å². The number of ketones is 2. The second-order valence-corrected chi connectivity index (χ2v) is 8.64. The van der Waals surface area contributed by atoms with Crippen LogP contribution >= 0.6 is 11.6 Å². The number of rotatable bonds is 4. The molecule has 2 aliphatic rings. The Balaban J connectivity index is 1.44. The molecule has 0 spiro atoms. The van der Waals surface area contributed by atoms with E-state index < -0.39 is 6.04 Å². The summed E-state index contributed by atoms with van der Waals surface area (Å²) in [4.78, 5) is 51.2. The summed E-state index contributed by atoms with van der Waals surface area (Å²) >= 11 is 6.10. The van der Waals surface area contributed by atoms with E-state index >= 15 is 0 Å². The molecule has 2 N–H and O–H groups in total. The largest absolute Gasteiger partial charge is 0.334 e. The normalized spacial score (nSPS) is 18.4. The zero-order chi connectivity index (χ0) is 22.8. The molecule has 2 aromatic carbocycles. The lowest BCUT2D eigenvalue weighted by Gasteiger charge is -2.25. The first-order valence-corrected chi connectivity index (χ1v) is 11.0. The zero-order valence-electron chi connectivity index (χ0n) is 17.7. The first-order valence-electron chi connectivity index (χ1n) is 10.6. The molecule has 1 unspecified atom stereocenters. The number of nitrogens with one attached hydrogen (secondary N) is 2. The van der Waals surface area contributed by atoms with Crippen molar-refractivity contribution >= 4 is 40.8 Å². The van der Waals surface area contributed by atoms with Gasteiger partial charge in [0.15, 0.2) is 5.78 Å². The minimum Gasteiger partial charge on any atom is -0.334 e. The van der Waals surface area contributed by atoms with Gasteiger partial charge in [-0.15, -0.1) is 0 Å². The predicted octanol–water partition coefficient (Wildman–Crippen LogP) is 4.01. The molecule has 8 heteroatoms. The third kappa shape index (κ3) is 4.53. The van der Waals surface area contributed by atoms with Gasteiger partial charge in [-0.2, -0.15) is 0 Å². The Hall–Kier alpha value is -3.19. The molecule has 32 heavy (non-hydrogen) atoms. The van der Waals surface area contributed by atoms with Crippen molar-refractivity contribution in [3.05, 3.63) is 63.7 Å². The number of carbonyl (C=O) groups is 4. The SMILES string of the molecule is Cc1ccc(NC(=O)NCc2cccc3c2CN(C2CCCC(=O)CC2=O)C3=O)cc1Cl. The number of nitrogens with zero attached hydrogens (tertiary/aromatic N) is 1. The maximum atomic E-state index is 13.0. The highest BCUT2D eigenvalue weighted by Crippen LogP contribution is 2.31. The number of urea groups is 1. The molecule has 1 saturated carbocycles. The first kappa shape index (κ1) is 22.0. The summed E-state index contributed by atoms with van der Waals surface area (Å²) in [6.07, 6.45) is 1.38. The number of benzene rings is 2. The molecule has 1 aliphatic heterocycles. The predicted molar refractivity (Wildman–Crippen MR) is 121 cm³/mol. The van der Waals surface area contributed by atoms with Gasteiger partial charge in [-0.3, -0.25) is 14.4 Å². The molecule has 1 atom stereocenters. The third-order valence-corrected chi connectivity index (χ3v) is 6.42. The van der Waals surface area contributed by atoms with Gasteiger partial charge in [0.1, 0.15) is 5.78 Å². The number of hydrogen-bond donors (Lipinski definition) is 2. The van der Waals surface area contributed by atoms with Crippen molar-refractivity contribution in [1.82, 2.24) is 10.2 Å². The molecule has 3 amide bonds. The maximum Gasteiger partial charge on any atom is 0.319 e. The number of Topliss-reactive ketones (excluding diaryl/α,β-unsaturated/α-hetero) is 2. The third-order valence-electron chi connectivity index (χ3n) is 6.01. The van der Waals surface area contributed by atoms with E-state index in [0.29, 0.717) is 42.1 Å². The van der Waals surface area contributed by atoms with Crippen molar-refractivity contribution in [3.8, 4) is 0 Å². The molecule has 166 valence electrons. The molecular weight excluding hydrogens is 430 g/mol. The summed E-state index contributed by atoms with van der Waals surface area (Å²) in [6, 6.07) is 9.68. The fraction of sp³-hybridized carbons (Fsp3) is 0.333. The van der Waals surface area contributed by atoms with E-state index in [9.17, 15) is 19.2 Å². The molecule has 7 nitrogen and oxygen atoms in total. The van der Waals surface area contributed by atoms with E-state index in [-0.39, 0.29) is 36.5 Å². The monoisotopic (exact) mass is 453 g/mol.